The topological polar surface area (TPSA) is 102 Å². The lowest BCUT2D eigenvalue weighted by atomic mass is 10.3. The molecule has 0 aliphatic rings. The number of nitrogens with one attached hydrogen (secondary N) is 2. The number of hydrogen-bond acceptors (Lipinski definition) is 8. The van der Waals surface area contributed by atoms with Crippen molar-refractivity contribution < 1.29 is 9.53 Å². The maximum atomic E-state index is 11.5. The molecule has 0 saturated carbocycles. The summed E-state index contributed by atoms with van der Waals surface area (Å²) in [5.41, 5.74) is 2.21. The van der Waals surface area contributed by atoms with Gasteiger partial charge in [-0.3, -0.25) is 9.93 Å². The van der Waals surface area contributed by atoms with Crippen LogP contribution >= 0.6 is 23.3 Å². The average Bonchev–Trinajstić information content (AvgIpc) is 3.23. The van der Waals surface area contributed by atoms with Crippen LogP contribution in [0.25, 0.3) is 10.2 Å². The number of ether oxygens (including phenoxy) is 1. The number of fused-ring (bicyclic) bond motifs is 1. The van der Waals surface area contributed by atoms with E-state index in [0.29, 0.717) is 23.3 Å². The summed E-state index contributed by atoms with van der Waals surface area (Å²) in [5, 5.41) is 13.4. The predicted octanol–water partition coefficient (Wildman–Crippen LogP) is 5.32. The van der Waals surface area contributed by atoms with Gasteiger partial charge >= 0.3 is 0 Å². The number of benzene rings is 2. The lowest BCUT2D eigenvalue weighted by Gasteiger charge is -2.10. The number of nitrogens with two attached hydrogens (primary N) is 1. The van der Waals surface area contributed by atoms with Crippen molar-refractivity contribution >= 4 is 56.7 Å². The van der Waals surface area contributed by atoms with E-state index in [1.54, 1.807) is 24.3 Å². The third-order valence-electron chi connectivity index (χ3n) is 4.02. The molecular weight excluding hydrogens is 418 g/mol. The number of rotatable bonds is 7. The first-order valence-corrected chi connectivity index (χ1v) is 10.6. The summed E-state index contributed by atoms with van der Waals surface area (Å²) in [6.45, 7) is 3.46. The predicted molar refractivity (Wildman–Crippen MR) is 123 cm³/mol. The summed E-state index contributed by atoms with van der Waals surface area (Å²) < 4.78 is 6.87. The van der Waals surface area contributed by atoms with Gasteiger partial charge in [-0.2, -0.15) is 4.98 Å². The molecule has 0 bridgehead atoms. The zero-order valence-corrected chi connectivity index (χ0v) is 17.3. The Hall–Kier alpha value is -3.40. The summed E-state index contributed by atoms with van der Waals surface area (Å²) in [5.74, 6) is 1.10. The monoisotopic (exact) mass is 435 g/mol. The summed E-state index contributed by atoms with van der Waals surface area (Å²) in [6, 6.07) is 16.6. The Labute approximate surface area is 181 Å². The highest BCUT2D eigenvalue weighted by atomic mass is 32.2. The van der Waals surface area contributed by atoms with Crippen LogP contribution in [0, 0.1) is 0 Å². The quantitative estimate of drug-likeness (QED) is 0.267. The molecule has 150 valence electrons. The van der Waals surface area contributed by atoms with E-state index in [1.165, 1.54) is 29.4 Å². The van der Waals surface area contributed by atoms with Gasteiger partial charge in [0.2, 0.25) is 17.7 Å². The van der Waals surface area contributed by atoms with Crippen LogP contribution in [0.2, 0.25) is 0 Å². The van der Waals surface area contributed by atoms with E-state index in [9.17, 15) is 4.79 Å². The van der Waals surface area contributed by atoms with E-state index < -0.39 is 0 Å². The van der Waals surface area contributed by atoms with Crippen molar-refractivity contribution in [1.29, 1.82) is 0 Å². The zero-order chi connectivity index (χ0) is 20.9. The van der Waals surface area contributed by atoms with E-state index in [1.807, 2.05) is 35.7 Å². The molecule has 9 heteroatoms. The minimum Gasteiger partial charge on any atom is -0.437 e. The van der Waals surface area contributed by atoms with Gasteiger partial charge in [0, 0.05) is 22.3 Å². The Kier molecular flexibility index (Phi) is 5.94. The SMILES string of the molecule is C=CC(=O)Nc1cccc(Oc2nc(Nc3ccc(SN)cc3)nc3ccsc23)c1. The van der Waals surface area contributed by atoms with Crippen LogP contribution in [0.4, 0.5) is 17.3 Å². The summed E-state index contributed by atoms with van der Waals surface area (Å²) in [6.07, 6.45) is 1.21. The largest absolute Gasteiger partial charge is 0.437 e. The molecule has 0 fully saturated rings. The Morgan fingerprint density at radius 2 is 1.97 bits per heavy atom. The summed E-state index contributed by atoms with van der Waals surface area (Å²) in [4.78, 5) is 21.6. The van der Waals surface area contributed by atoms with Crippen molar-refractivity contribution in [3.63, 3.8) is 0 Å². The molecule has 0 radical (unpaired) electrons. The normalized spacial score (nSPS) is 10.6. The van der Waals surface area contributed by atoms with Crippen LogP contribution in [-0.2, 0) is 4.79 Å². The van der Waals surface area contributed by atoms with Gasteiger partial charge in [-0.05, 0) is 65.9 Å². The van der Waals surface area contributed by atoms with Crippen LogP contribution in [0.3, 0.4) is 0 Å². The molecule has 0 aliphatic carbocycles. The van der Waals surface area contributed by atoms with Gasteiger partial charge in [0.05, 0.1) is 5.52 Å². The molecular formula is C21H17N5O2S2. The molecule has 2 heterocycles. The molecule has 30 heavy (non-hydrogen) atoms. The van der Waals surface area contributed by atoms with Gasteiger partial charge in [-0.25, -0.2) is 4.98 Å². The lowest BCUT2D eigenvalue weighted by Crippen LogP contribution is -2.07. The van der Waals surface area contributed by atoms with E-state index in [-0.39, 0.29) is 5.91 Å². The van der Waals surface area contributed by atoms with Gasteiger partial charge in [0.15, 0.2) is 0 Å². The number of nitrogens with zero attached hydrogens (tertiary/aromatic N) is 2. The minimum atomic E-state index is -0.291. The smallest absolute Gasteiger partial charge is 0.247 e. The number of carbonyl (C=O) groups excluding carboxylic acids is 1. The van der Waals surface area contributed by atoms with Crippen LogP contribution in [0.1, 0.15) is 0 Å². The van der Waals surface area contributed by atoms with Gasteiger partial charge in [-0.15, -0.1) is 11.3 Å². The molecule has 0 spiro atoms. The van der Waals surface area contributed by atoms with Crippen LogP contribution in [0.15, 0.2) is 77.5 Å². The average molecular weight is 436 g/mol. The summed E-state index contributed by atoms with van der Waals surface area (Å²) in [7, 11) is 0. The summed E-state index contributed by atoms with van der Waals surface area (Å²) >= 11 is 2.68. The van der Waals surface area contributed by atoms with Crippen LogP contribution < -0.4 is 20.5 Å². The molecule has 2 aromatic heterocycles. The van der Waals surface area contributed by atoms with Gasteiger partial charge in [0.25, 0.3) is 0 Å². The molecule has 7 nitrogen and oxygen atoms in total. The third kappa shape index (κ3) is 4.60. The Bertz CT molecular complexity index is 1210. The number of amides is 1. The van der Waals surface area contributed by atoms with Crippen molar-refractivity contribution in [2.45, 2.75) is 4.90 Å². The molecule has 0 atom stereocenters. The molecule has 4 rings (SSSR count). The maximum absolute atomic E-state index is 11.5. The maximum Gasteiger partial charge on any atom is 0.247 e. The molecule has 0 saturated heterocycles. The van der Waals surface area contributed by atoms with Crippen molar-refractivity contribution in [3.8, 4) is 11.6 Å². The van der Waals surface area contributed by atoms with Gasteiger partial charge in [-0.1, -0.05) is 12.6 Å². The molecule has 4 aromatic rings. The van der Waals surface area contributed by atoms with Crippen LogP contribution in [-0.4, -0.2) is 15.9 Å². The lowest BCUT2D eigenvalue weighted by molar-refractivity contribution is -0.111. The van der Waals surface area contributed by atoms with E-state index in [2.05, 4.69) is 27.2 Å². The van der Waals surface area contributed by atoms with E-state index in [0.717, 1.165) is 20.8 Å². The Morgan fingerprint density at radius 1 is 1.13 bits per heavy atom. The standard InChI is InChI=1S/C21H17N5O2S2/c1-2-18(27)23-14-4-3-5-15(12-14)28-20-19-17(10-11-29-19)25-21(26-20)24-13-6-8-16(30-22)9-7-13/h2-12H,1,22H2,(H,23,27)(H,24,25,26). The van der Waals surface area contributed by atoms with E-state index >= 15 is 0 Å². The van der Waals surface area contributed by atoms with Crippen molar-refractivity contribution in [1.82, 2.24) is 9.97 Å². The molecule has 4 N–H and O–H groups in total. The first kappa shape index (κ1) is 19.9. The number of hydrogen-bond donors (Lipinski definition) is 3. The molecule has 1 amide bonds. The highest BCUT2D eigenvalue weighted by Crippen LogP contribution is 2.33. The molecule has 0 aliphatic heterocycles. The number of aromatic nitrogens is 2. The van der Waals surface area contributed by atoms with Crippen molar-refractivity contribution in [2.75, 3.05) is 10.6 Å². The second-order valence-electron chi connectivity index (χ2n) is 6.08. The van der Waals surface area contributed by atoms with Gasteiger partial charge < -0.3 is 15.4 Å². The zero-order valence-electron chi connectivity index (χ0n) is 15.7. The van der Waals surface area contributed by atoms with Crippen molar-refractivity contribution in [2.24, 2.45) is 5.14 Å². The van der Waals surface area contributed by atoms with Crippen LogP contribution in [0.5, 0.6) is 11.6 Å². The first-order valence-electron chi connectivity index (χ1n) is 8.85. The fraction of sp³-hybridized carbons (Fsp3) is 0. The minimum absolute atomic E-state index is 0.291. The van der Waals surface area contributed by atoms with E-state index in [4.69, 9.17) is 9.88 Å². The second kappa shape index (κ2) is 8.95. The third-order valence-corrected chi connectivity index (χ3v) is 5.46. The number of carbonyl (C=O) groups is 1. The highest BCUT2D eigenvalue weighted by Gasteiger charge is 2.12. The highest BCUT2D eigenvalue weighted by molar-refractivity contribution is 7.97. The fourth-order valence-corrected chi connectivity index (χ4v) is 3.70. The number of thiophene rings is 1. The van der Waals surface area contributed by atoms with Crippen molar-refractivity contribution in [3.05, 3.63) is 72.6 Å². The Balaban J connectivity index is 1.62. The second-order valence-corrected chi connectivity index (χ2v) is 7.70. The first-order chi connectivity index (χ1) is 14.6. The van der Waals surface area contributed by atoms with Gasteiger partial charge in [0.1, 0.15) is 10.4 Å². The molecule has 0 unspecified atom stereocenters. The number of anilines is 3. The fourth-order valence-electron chi connectivity index (χ4n) is 2.65. The Morgan fingerprint density at radius 3 is 2.73 bits per heavy atom. The molecule has 2 aromatic carbocycles.